The molecule has 17 nitrogen and oxygen atoms in total. The van der Waals surface area contributed by atoms with Crippen molar-refractivity contribution < 1.29 is 49.1 Å². The van der Waals surface area contributed by atoms with Gasteiger partial charge in [-0.1, -0.05) is 48.6 Å². The van der Waals surface area contributed by atoms with E-state index < -0.39 is 0 Å². The summed E-state index contributed by atoms with van der Waals surface area (Å²) in [5, 5.41) is 39.3. The summed E-state index contributed by atoms with van der Waals surface area (Å²) >= 11 is 2.66. The summed E-state index contributed by atoms with van der Waals surface area (Å²) in [7, 11) is 0. The third-order valence-electron chi connectivity index (χ3n) is 11.3. The van der Waals surface area contributed by atoms with Crippen molar-refractivity contribution in [3.8, 4) is 5.75 Å². The topological polar surface area (TPSA) is 235 Å². The fraction of sp³-hybridized carbons (Fsp3) is 0.556. The molecule has 6 rings (SSSR count). The second-order valence-corrected chi connectivity index (χ2v) is 17.5. The molecule has 4 heterocycles. The van der Waals surface area contributed by atoms with Crippen molar-refractivity contribution in [2.75, 3.05) is 85.3 Å². The van der Waals surface area contributed by atoms with Gasteiger partial charge in [0.05, 0.1) is 48.1 Å². The molecule has 2 amide bonds. The number of aliphatic hydroxyl groups is 1. The highest BCUT2D eigenvalue weighted by Gasteiger charge is 2.41. The molecule has 64 heavy (non-hydrogen) atoms. The number of likely N-dealkylation sites (tertiary alicyclic amines) is 1. The number of carboxylic acid groups (broad SMARTS) is 2. The normalized spacial score (nSPS) is 14.6. The maximum absolute atomic E-state index is 13.2. The molecule has 2 aromatic carbocycles. The minimum Gasteiger partial charge on any atom is -0.506 e. The quantitative estimate of drug-likeness (QED) is 0.0483. The number of hydrogen-bond acceptors (Lipinski definition) is 14. The average molecular weight is 929 g/mol. The minimum absolute atomic E-state index is 0.0257. The average Bonchev–Trinajstić information content (AvgIpc) is 3.96. The molecule has 2 saturated heterocycles. The van der Waals surface area contributed by atoms with Crippen LogP contribution in [0.15, 0.2) is 46.6 Å². The number of piperidine rings is 1. The first-order chi connectivity index (χ1) is 31.1. The predicted octanol–water partition coefficient (Wildman–Crippen LogP) is 4.04. The second kappa shape index (κ2) is 28.2. The van der Waals surface area contributed by atoms with Crippen molar-refractivity contribution in [1.29, 1.82) is 0 Å². The number of morpholine rings is 1. The number of nitrogens with zero attached hydrogens (tertiary/aromatic N) is 4. The summed E-state index contributed by atoms with van der Waals surface area (Å²) in [5.74, 6) is 0.167. The van der Waals surface area contributed by atoms with E-state index in [0.29, 0.717) is 83.1 Å². The molecule has 0 bridgehead atoms. The smallest absolute Gasteiger partial charge is 0.305 e. The van der Waals surface area contributed by atoms with E-state index >= 15 is 0 Å². The van der Waals surface area contributed by atoms with Crippen LogP contribution in [0.1, 0.15) is 77.6 Å². The molecule has 2 aliphatic rings. The van der Waals surface area contributed by atoms with Gasteiger partial charge in [0.15, 0.2) is 0 Å². The predicted molar refractivity (Wildman–Crippen MR) is 247 cm³/mol. The van der Waals surface area contributed by atoms with Gasteiger partial charge >= 0.3 is 4.87 Å². The number of thiazole rings is 2. The van der Waals surface area contributed by atoms with Gasteiger partial charge in [0.1, 0.15) is 17.0 Å². The maximum Gasteiger partial charge on any atom is 0.305 e. The van der Waals surface area contributed by atoms with Gasteiger partial charge in [-0.15, -0.1) is 11.3 Å². The van der Waals surface area contributed by atoms with E-state index in [1.165, 1.54) is 11.1 Å². The molecule has 352 valence electrons. The first kappa shape index (κ1) is 51.9. The lowest BCUT2D eigenvalue weighted by atomic mass is 9.89. The number of aromatic nitrogens is 2. The van der Waals surface area contributed by atoms with E-state index in [1.54, 1.807) is 17.4 Å². The number of ether oxygens (including phenoxy) is 2. The van der Waals surface area contributed by atoms with Crippen molar-refractivity contribution in [3.63, 3.8) is 0 Å². The van der Waals surface area contributed by atoms with Gasteiger partial charge < -0.3 is 54.9 Å². The Morgan fingerprint density at radius 2 is 1.69 bits per heavy atom. The van der Waals surface area contributed by atoms with E-state index in [2.05, 4.69) is 51.4 Å². The van der Waals surface area contributed by atoms with Crippen molar-refractivity contribution in [3.05, 3.63) is 78.8 Å². The highest BCUT2D eigenvalue weighted by Crippen LogP contribution is 2.31. The van der Waals surface area contributed by atoms with Crippen LogP contribution < -0.4 is 10.2 Å². The number of nitrogens with one attached hydrogen (secondary N) is 2. The summed E-state index contributed by atoms with van der Waals surface area (Å²) in [6.45, 7) is 9.92. The lowest BCUT2D eigenvalue weighted by Gasteiger charge is -2.47. The zero-order valence-corrected chi connectivity index (χ0v) is 38.3. The number of carbonyl (C=O) groups excluding carboxylic acids is 2. The molecule has 0 saturated carbocycles. The number of hydrogen-bond donors (Lipinski definition) is 6. The molecule has 2 fully saturated rings. The molecule has 6 N–H and O–H groups in total. The molecule has 4 aromatic rings. The summed E-state index contributed by atoms with van der Waals surface area (Å²) in [4.78, 5) is 68.2. The zero-order valence-electron chi connectivity index (χ0n) is 36.7. The number of aliphatic hydroxyl groups excluding tert-OH is 1. The minimum atomic E-state index is -0.261. The number of fused-ring (bicyclic) bond motifs is 1. The van der Waals surface area contributed by atoms with Gasteiger partial charge in [0.2, 0.25) is 5.91 Å². The van der Waals surface area contributed by atoms with Crippen molar-refractivity contribution >= 4 is 57.6 Å². The van der Waals surface area contributed by atoms with Gasteiger partial charge in [-0.3, -0.25) is 24.0 Å². The van der Waals surface area contributed by atoms with Gasteiger partial charge in [-0.2, -0.15) is 0 Å². The number of H-pyrrole nitrogens is 1. The number of unbranched alkanes of at least 4 members (excludes halogenated alkanes) is 2. The van der Waals surface area contributed by atoms with Crippen LogP contribution >= 0.6 is 22.7 Å². The summed E-state index contributed by atoms with van der Waals surface area (Å²) in [6, 6.07) is 12.2. The van der Waals surface area contributed by atoms with Crippen LogP contribution in [0.25, 0.3) is 10.2 Å². The van der Waals surface area contributed by atoms with E-state index in [1.807, 2.05) is 21.2 Å². The van der Waals surface area contributed by atoms with Gasteiger partial charge in [-0.25, -0.2) is 4.98 Å². The molecule has 0 radical (unpaired) electrons. The number of aromatic hydroxyl groups is 1. The Morgan fingerprint density at radius 1 is 0.969 bits per heavy atom. The second-order valence-electron chi connectivity index (χ2n) is 15.6. The zero-order chi connectivity index (χ0) is 46.2. The number of phenols is 1. The Labute approximate surface area is 382 Å². The lowest BCUT2D eigenvalue weighted by molar-refractivity contribution is -0.132. The third-order valence-corrected chi connectivity index (χ3v) is 13.3. The summed E-state index contributed by atoms with van der Waals surface area (Å²) in [5.41, 5.74) is 4.30. The van der Waals surface area contributed by atoms with Gasteiger partial charge in [0.25, 0.3) is 18.9 Å². The van der Waals surface area contributed by atoms with Crippen LogP contribution in [0.3, 0.4) is 0 Å². The molecule has 0 aliphatic carbocycles. The van der Waals surface area contributed by atoms with Crippen molar-refractivity contribution in [1.82, 2.24) is 30.0 Å². The van der Waals surface area contributed by atoms with Crippen LogP contribution in [0.4, 0.5) is 0 Å². The number of carbonyl (C=O) groups is 4. The van der Waals surface area contributed by atoms with E-state index in [0.717, 1.165) is 97.6 Å². The highest BCUT2D eigenvalue weighted by atomic mass is 32.1. The van der Waals surface area contributed by atoms with E-state index in [4.69, 9.17) is 29.3 Å². The number of amides is 2. The lowest BCUT2D eigenvalue weighted by Crippen LogP contribution is -2.58. The molecule has 2 aliphatic heterocycles. The number of phenolic OH excluding ortho intramolecular Hbond substituents is 1. The van der Waals surface area contributed by atoms with Crippen LogP contribution in [0, 0.1) is 0 Å². The Kier molecular flexibility index (Phi) is 22.9. The summed E-state index contributed by atoms with van der Waals surface area (Å²) < 4.78 is 13.0. The van der Waals surface area contributed by atoms with Crippen LogP contribution in [-0.2, 0) is 49.5 Å². The number of aromatic amines is 1. The van der Waals surface area contributed by atoms with Gasteiger partial charge in [-0.05, 0) is 87.1 Å². The first-order valence-electron chi connectivity index (χ1n) is 21.9. The Hall–Kier alpha value is -4.76. The van der Waals surface area contributed by atoms with Gasteiger partial charge in [0, 0.05) is 57.8 Å². The molecule has 2 aromatic heterocycles. The van der Waals surface area contributed by atoms with Crippen LogP contribution in [-0.4, -0.2) is 161 Å². The molecular formula is C45H64N6O11S2. The fourth-order valence-corrected chi connectivity index (χ4v) is 9.41. The first-order valence-corrected chi connectivity index (χ1v) is 23.6. The molecular weight excluding hydrogens is 865 g/mol. The standard InChI is InChI=1S/C43H60N6O7S2.2CH2O2/c1-2-37-45-35(30-57-37)41(53)49-25-29-56-43(31-49)16-22-47(23-17-43)21-13-32-6-8-33(9-7-32)14-27-55-28-15-38(52)48(20-4-3-5-26-50)24-19-44-18-12-34-10-11-36(51)39-40(34)58-42(54)46-39;2*2-1-3/h6-11,30,44,50-51H,2-5,12-29,31H2,1H3,(H,46,54);2*1H,(H,2,3). The SMILES string of the molecule is CCc1nc(C(=O)N2CCOC3(CCN(CCc4ccc(CCOCCC(=O)N(CCCCCO)CCNCCc5ccc(O)c6[nH]c(=O)sc56)cc4)CC3)C2)cs1.O=CO.O=CO. The summed E-state index contributed by atoms with van der Waals surface area (Å²) in [6.07, 6.45) is 7.90. The maximum atomic E-state index is 13.2. The number of rotatable bonds is 22. The molecule has 0 atom stereocenters. The largest absolute Gasteiger partial charge is 0.506 e. The molecule has 0 unspecified atom stereocenters. The van der Waals surface area contributed by atoms with E-state index in [-0.39, 0.29) is 47.6 Å². The Morgan fingerprint density at radius 3 is 2.38 bits per heavy atom. The number of aryl methyl sites for hydroxylation is 1. The molecule has 19 heteroatoms. The van der Waals surface area contributed by atoms with Crippen molar-refractivity contribution in [2.45, 2.75) is 76.7 Å². The molecule has 1 spiro atoms. The van der Waals surface area contributed by atoms with Crippen LogP contribution in [0.2, 0.25) is 0 Å². The Bertz CT molecular complexity index is 2060. The Balaban J connectivity index is 0.00000142. The third kappa shape index (κ3) is 16.7. The van der Waals surface area contributed by atoms with E-state index in [9.17, 15) is 24.6 Å². The van der Waals surface area contributed by atoms with Crippen LogP contribution in [0.5, 0.6) is 5.75 Å². The fourth-order valence-electron chi connectivity index (χ4n) is 7.79. The monoisotopic (exact) mass is 928 g/mol. The highest BCUT2D eigenvalue weighted by molar-refractivity contribution is 7.16. The van der Waals surface area contributed by atoms with Crippen molar-refractivity contribution in [2.24, 2.45) is 0 Å². The number of benzene rings is 2.